The highest BCUT2D eigenvalue weighted by Crippen LogP contribution is 2.27. The molecule has 0 saturated carbocycles. The number of rotatable bonds is 6. The van der Waals surface area contributed by atoms with Gasteiger partial charge in [0.1, 0.15) is 5.75 Å². The van der Waals surface area contributed by atoms with Gasteiger partial charge in [-0.25, -0.2) is 0 Å². The van der Waals surface area contributed by atoms with Crippen molar-refractivity contribution >= 4 is 11.7 Å². The first-order chi connectivity index (χ1) is 9.20. The van der Waals surface area contributed by atoms with E-state index < -0.39 is 24.6 Å². The van der Waals surface area contributed by atoms with Crippen molar-refractivity contribution in [1.29, 1.82) is 0 Å². The van der Waals surface area contributed by atoms with Crippen LogP contribution in [0.5, 0.6) is 5.75 Å². The molecule has 0 amide bonds. The summed E-state index contributed by atoms with van der Waals surface area (Å²) >= 11 is 0. The van der Waals surface area contributed by atoms with E-state index >= 15 is 0 Å². The maximum atomic E-state index is 12.4. The molecule has 1 aromatic rings. The fraction of sp³-hybridized carbons (Fsp3) is 0.462. The van der Waals surface area contributed by atoms with Gasteiger partial charge in [-0.2, -0.15) is 13.2 Å². The third kappa shape index (κ3) is 4.99. The third-order valence-electron chi connectivity index (χ3n) is 2.43. The number of nitrogens with one attached hydrogen (secondary N) is 1. The van der Waals surface area contributed by atoms with E-state index in [1.807, 2.05) is 13.8 Å². The summed E-state index contributed by atoms with van der Waals surface area (Å²) in [6, 6.07) is 6.28. The molecule has 1 aromatic carbocycles. The second kappa shape index (κ2) is 6.49. The minimum atomic E-state index is -4.78. The van der Waals surface area contributed by atoms with Crippen LogP contribution in [0.15, 0.2) is 24.3 Å². The Morgan fingerprint density at radius 3 is 2.25 bits per heavy atom. The second-order valence-electron chi connectivity index (χ2n) is 4.50. The van der Waals surface area contributed by atoms with Crippen molar-refractivity contribution in [3.63, 3.8) is 0 Å². The van der Waals surface area contributed by atoms with E-state index in [0.29, 0.717) is 11.4 Å². The number of alkyl halides is 3. The number of ether oxygens (including phenoxy) is 1. The first-order valence-electron chi connectivity index (χ1n) is 6.00. The van der Waals surface area contributed by atoms with Crippen molar-refractivity contribution < 1.29 is 27.8 Å². The maximum Gasteiger partial charge on any atom is 0.403 e. The van der Waals surface area contributed by atoms with E-state index in [1.165, 1.54) is 12.1 Å². The predicted molar refractivity (Wildman–Crippen MR) is 67.9 cm³/mol. The van der Waals surface area contributed by atoms with Crippen molar-refractivity contribution in [2.45, 2.75) is 26.1 Å². The lowest BCUT2D eigenvalue weighted by molar-refractivity contribution is -0.190. The van der Waals surface area contributed by atoms with Crippen LogP contribution in [0.25, 0.3) is 0 Å². The Morgan fingerprint density at radius 2 is 1.85 bits per heavy atom. The van der Waals surface area contributed by atoms with Crippen LogP contribution in [0.4, 0.5) is 18.9 Å². The average molecular weight is 291 g/mol. The summed E-state index contributed by atoms with van der Waals surface area (Å²) in [6.07, 6.45) is -4.78. The fourth-order valence-electron chi connectivity index (χ4n) is 1.49. The largest absolute Gasteiger partial charge is 0.491 e. The Kier molecular flexibility index (Phi) is 5.24. The van der Waals surface area contributed by atoms with Gasteiger partial charge in [0.05, 0.1) is 6.10 Å². The summed E-state index contributed by atoms with van der Waals surface area (Å²) in [5.74, 6) is -3.74. The van der Waals surface area contributed by atoms with Crippen molar-refractivity contribution in [3.05, 3.63) is 24.3 Å². The molecule has 0 aliphatic heterocycles. The lowest BCUT2D eigenvalue weighted by Gasteiger charge is -2.17. The number of carbonyl (C=O) groups is 1. The smallest absolute Gasteiger partial charge is 0.403 e. The van der Waals surface area contributed by atoms with E-state index in [0.717, 1.165) is 0 Å². The van der Waals surface area contributed by atoms with Gasteiger partial charge in [0.2, 0.25) is 0 Å². The van der Waals surface area contributed by atoms with Crippen molar-refractivity contribution in [2.75, 3.05) is 11.9 Å². The number of halogens is 3. The van der Waals surface area contributed by atoms with Gasteiger partial charge in [-0.15, -0.1) is 0 Å². The summed E-state index contributed by atoms with van der Waals surface area (Å²) in [7, 11) is 0. The molecule has 0 radical (unpaired) electrons. The van der Waals surface area contributed by atoms with Crippen LogP contribution < -0.4 is 10.1 Å². The van der Waals surface area contributed by atoms with E-state index in [2.05, 4.69) is 5.32 Å². The standard InChI is InChI=1S/C13H16F3NO3/c1-8(2)20-10-5-3-9(4-6-10)17-7-11(12(18)19)13(14,15)16/h3-6,8,11,17H,7H2,1-2H3,(H,18,19). The van der Waals surface area contributed by atoms with Gasteiger partial charge in [0, 0.05) is 12.2 Å². The second-order valence-corrected chi connectivity index (χ2v) is 4.50. The molecule has 20 heavy (non-hydrogen) atoms. The molecule has 0 heterocycles. The monoisotopic (exact) mass is 291 g/mol. The molecular weight excluding hydrogens is 275 g/mol. The SMILES string of the molecule is CC(C)Oc1ccc(NCC(C(=O)O)C(F)(F)F)cc1. The Labute approximate surface area is 114 Å². The van der Waals surface area contributed by atoms with Gasteiger partial charge in [0.25, 0.3) is 0 Å². The van der Waals surface area contributed by atoms with Crippen LogP contribution in [0.2, 0.25) is 0 Å². The van der Waals surface area contributed by atoms with E-state index in [9.17, 15) is 18.0 Å². The third-order valence-corrected chi connectivity index (χ3v) is 2.43. The highest BCUT2D eigenvalue weighted by molar-refractivity contribution is 5.71. The van der Waals surface area contributed by atoms with Crippen LogP contribution in [0, 0.1) is 5.92 Å². The van der Waals surface area contributed by atoms with Crippen LogP contribution in [-0.4, -0.2) is 29.9 Å². The lowest BCUT2D eigenvalue weighted by atomic mass is 10.1. The van der Waals surface area contributed by atoms with Gasteiger partial charge < -0.3 is 15.2 Å². The van der Waals surface area contributed by atoms with E-state index in [-0.39, 0.29) is 6.10 Å². The molecule has 0 bridgehead atoms. The Hall–Kier alpha value is -1.92. The summed E-state index contributed by atoms with van der Waals surface area (Å²) < 4.78 is 42.7. The number of carboxylic acids is 1. The minimum absolute atomic E-state index is 0.00423. The van der Waals surface area contributed by atoms with E-state index in [1.54, 1.807) is 12.1 Å². The van der Waals surface area contributed by atoms with Gasteiger partial charge in [0.15, 0.2) is 5.92 Å². The molecule has 0 aromatic heterocycles. The number of carboxylic acid groups (broad SMARTS) is 1. The summed E-state index contributed by atoms with van der Waals surface area (Å²) in [5, 5.41) is 11.0. The van der Waals surface area contributed by atoms with Gasteiger partial charge >= 0.3 is 12.1 Å². The molecule has 0 aliphatic rings. The number of benzene rings is 1. The number of aliphatic carboxylic acids is 1. The predicted octanol–water partition coefficient (Wildman–Crippen LogP) is 3.15. The first-order valence-corrected chi connectivity index (χ1v) is 6.00. The lowest BCUT2D eigenvalue weighted by Crippen LogP contribution is -2.36. The fourth-order valence-corrected chi connectivity index (χ4v) is 1.49. The molecule has 0 aliphatic carbocycles. The highest BCUT2D eigenvalue weighted by atomic mass is 19.4. The van der Waals surface area contributed by atoms with E-state index in [4.69, 9.17) is 9.84 Å². The molecule has 0 fully saturated rings. The zero-order valence-corrected chi connectivity index (χ0v) is 11.1. The van der Waals surface area contributed by atoms with Crippen molar-refractivity contribution in [2.24, 2.45) is 5.92 Å². The van der Waals surface area contributed by atoms with Crippen LogP contribution >= 0.6 is 0 Å². The maximum absolute atomic E-state index is 12.4. The molecule has 0 saturated heterocycles. The minimum Gasteiger partial charge on any atom is -0.491 e. The molecule has 4 nitrogen and oxygen atoms in total. The highest BCUT2D eigenvalue weighted by Gasteiger charge is 2.44. The quantitative estimate of drug-likeness (QED) is 0.845. The molecule has 1 atom stereocenters. The van der Waals surface area contributed by atoms with Gasteiger partial charge in [-0.1, -0.05) is 0 Å². The molecule has 1 unspecified atom stereocenters. The van der Waals surface area contributed by atoms with Crippen molar-refractivity contribution in [3.8, 4) is 5.75 Å². The number of hydrogen-bond donors (Lipinski definition) is 2. The van der Waals surface area contributed by atoms with Gasteiger partial charge in [-0.3, -0.25) is 4.79 Å². The zero-order valence-electron chi connectivity index (χ0n) is 11.1. The Morgan fingerprint density at radius 1 is 1.30 bits per heavy atom. The van der Waals surface area contributed by atoms with Crippen LogP contribution in [0.1, 0.15) is 13.8 Å². The summed E-state index contributed by atoms with van der Waals surface area (Å²) in [5.41, 5.74) is 0.400. The normalized spacial score (nSPS) is 13.1. The van der Waals surface area contributed by atoms with Gasteiger partial charge in [-0.05, 0) is 38.1 Å². The molecule has 0 spiro atoms. The molecule has 7 heteroatoms. The molecule has 112 valence electrons. The molecule has 2 N–H and O–H groups in total. The zero-order chi connectivity index (χ0) is 15.3. The van der Waals surface area contributed by atoms with Crippen molar-refractivity contribution in [1.82, 2.24) is 0 Å². The Balaban J connectivity index is 2.63. The van der Waals surface area contributed by atoms with Crippen LogP contribution in [-0.2, 0) is 4.79 Å². The summed E-state index contributed by atoms with van der Waals surface area (Å²) in [6.45, 7) is 2.99. The first kappa shape index (κ1) is 16.1. The summed E-state index contributed by atoms with van der Waals surface area (Å²) in [4.78, 5) is 10.6. The Bertz CT molecular complexity index is 443. The molecule has 1 rings (SSSR count). The number of hydrogen-bond acceptors (Lipinski definition) is 3. The average Bonchev–Trinajstić information content (AvgIpc) is 2.28. The van der Waals surface area contributed by atoms with Crippen LogP contribution in [0.3, 0.4) is 0 Å². The molecular formula is C13H16F3NO3. The number of anilines is 1. The topological polar surface area (TPSA) is 58.6 Å².